The zero-order valence-corrected chi connectivity index (χ0v) is 9.25. The molecule has 1 rings (SSSR count). The van der Waals surface area contributed by atoms with Gasteiger partial charge in [0.2, 0.25) is 0 Å². The summed E-state index contributed by atoms with van der Waals surface area (Å²) in [6, 6.07) is 3.10. The molecule has 0 saturated heterocycles. The Labute approximate surface area is 85.5 Å². The highest BCUT2D eigenvalue weighted by molar-refractivity contribution is 6.21. The lowest BCUT2D eigenvalue weighted by Gasteiger charge is -2.45. The van der Waals surface area contributed by atoms with Gasteiger partial charge in [0, 0.05) is 12.1 Å². The van der Waals surface area contributed by atoms with Crippen LogP contribution in [-0.4, -0.2) is 29.4 Å². The van der Waals surface area contributed by atoms with Gasteiger partial charge < -0.3 is 0 Å². The van der Waals surface area contributed by atoms with E-state index in [-0.39, 0.29) is 17.3 Å². The average Bonchev–Trinajstić information content (AvgIpc) is 2.12. The second-order valence-electron chi connectivity index (χ2n) is 3.90. The minimum atomic E-state index is 0.140. The third-order valence-electron chi connectivity index (χ3n) is 3.18. The fraction of sp³-hybridized carbons (Fsp3) is 0.900. The lowest BCUT2D eigenvalue weighted by atomic mass is 9.78. The molecule has 1 saturated carbocycles. The highest BCUT2D eigenvalue weighted by Crippen LogP contribution is 2.36. The average molecular weight is 201 g/mol. The van der Waals surface area contributed by atoms with E-state index in [0.717, 1.165) is 12.8 Å². The Bertz CT molecular complexity index is 211. The fourth-order valence-electron chi connectivity index (χ4n) is 1.83. The summed E-state index contributed by atoms with van der Waals surface area (Å²) < 4.78 is 0. The predicted octanol–water partition coefficient (Wildman–Crippen LogP) is 2.24. The summed E-state index contributed by atoms with van der Waals surface area (Å²) >= 11 is 6.09. The van der Waals surface area contributed by atoms with Crippen LogP contribution in [0.5, 0.6) is 0 Å². The van der Waals surface area contributed by atoms with Crippen LogP contribution in [-0.2, 0) is 0 Å². The normalized spacial score (nSPS) is 35.2. The van der Waals surface area contributed by atoms with Crippen molar-refractivity contribution in [3.8, 4) is 6.07 Å². The first-order valence-electron chi connectivity index (χ1n) is 4.87. The van der Waals surface area contributed by atoms with Crippen LogP contribution in [0.4, 0.5) is 0 Å². The van der Waals surface area contributed by atoms with Crippen molar-refractivity contribution in [3.63, 3.8) is 0 Å². The van der Waals surface area contributed by atoms with Crippen LogP contribution in [0.2, 0.25) is 0 Å². The fourth-order valence-corrected chi connectivity index (χ4v) is 2.37. The molecule has 0 aromatic carbocycles. The van der Waals surface area contributed by atoms with Gasteiger partial charge in [0.1, 0.15) is 0 Å². The molecule has 13 heavy (non-hydrogen) atoms. The number of hydrogen-bond donors (Lipinski definition) is 0. The number of nitriles is 1. The lowest BCUT2D eigenvalue weighted by Crippen LogP contribution is -2.55. The zero-order valence-electron chi connectivity index (χ0n) is 8.50. The molecule has 0 aromatic heterocycles. The summed E-state index contributed by atoms with van der Waals surface area (Å²) in [5, 5.41) is 9.01. The highest BCUT2D eigenvalue weighted by Gasteiger charge is 2.43. The van der Waals surface area contributed by atoms with Crippen LogP contribution in [0.3, 0.4) is 0 Å². The molecule has 0 bridgehead atoms. The zero-order chi connectivity index (χ0) is 10.0. The van der Waals surface area contributed by atoms with Crippen molar-refractivity contribution < 1.29 is 0 Å². The van der Waals surface area contributed by atoms with E-state index in [9.17, 15) is 0 Å². The summed E-state index contributed by atoms with van der Waals surface area (Å²) in [6.07, 6.45) is 1.96. The van der Waals surface area contributed by atoms with Crippen LogP contribution < -0.4 is 0 Å². The Morgan fingerprint density at radius 1 is 1.69 bits per heavy atom. The third-order valence-corrected chi connectivity index (χ3v) is 3.62. The first-order valence-corrected chi connectivity index (χ1v) is 5.31. The van der Waals surface area contributed by atoms with E-state index in [1.165, 1.54) is 0 Å². The largest absolute Gasteiger partial charge is 0.298 e. The summed E-state index contributed by atoms with van der Waals surface area (Å²) in [7, 11) is 2.07. The first-order chi connectivity index (χ1) is 6.11. The SMILES string of the molecule is CC[C@H](C)N(C)[C@@H]1C(Cl)CC1C#N. The minimum Gasteiger partial charge on any atom is -0.298 e. The molecule has 1 aliphatic rings. The molecule has 2 unspecified atom stereocenters. The first kappa shape index (κ1) is 10.8. The summed E-state index contributed by atoms with van der Waals surface area (Å²) in [5.74, 6) is 0.140. The molecule has 74 valence electrons. The van der Waals surface area contributed by atoms with E-state index in [1.807, 2.05) is 0 Å². The van der Waals surface area contributed by atoms with Crippen molar-refractivity contribution in [1.29, 1.82) is 5.26 Å². The molecule has 0 amide bonds. The van der Waals surface area contributed by atoms with Crippen molar-refractivity contribution >= 4 is 11.6 Å². The molecule has 0 aromatic rings. The van der Waals surface area contributed by atoms with Gasteiger partial charge in [-0.25, -0.2) is 0 Å². The lowest BCUT2D eigenvalue weighted by molar-refractivity contribution is 0.0858. The van der Waals surface area contributed by atoms with E-state index in [1.54, 1.807) is 0 Å². The van der Waals surface area contributed by atoms with Gasteiger partial charge >= 0.3 is 0 Å². The number of alkyl halides is 1. The van der Waals surface area contributed by atoms with E-state index in [0.29, 0.717) is 6.04 Å². The molecular formula is C10H17ClN2. The Morgan fingerprint density at radius 3 is 2.69 bits per heavy atom. The maximum absolute atomic E-state index is 8.84. The number of hydrogen-bond acceptors (Lipinski definition) is 2. The van der Waals surface area contributed by atoms with Gasteiger partial charge in [-0.3, -0.25) is 4.90 Å². The maximum Gasteiger partial charge on any atom is 0.0673 e. The summed E-state index contributed by atoms with van der Waals surface area (Å²) in [6.45, 7) is 4.33. The molecule has 0 spiro atoms. The van der Waals surface area contributed by atoms with Crippen LogP contribution in [0.15, 0.2) is 0 Å². The van der Waals surface area contributed by atoms with Gasteiger partial charge in [0.05, 0.1) is 17.4 Å². The van der Waals surface area contributed by atoms with Crippen LogP contribution >= 0.6 is 11.6 Å². The molecule has 1 aliphatic carbocycles. The third kappa shape index (κ3) is 1.98. The quantitative estimate of drug-likeness (QED) is 0.654. The van der Waals surface area contributed by atoms with Gasteiger partial charge in [0.15, 0.2) is 0 Å². The van der Waals surface area contributed by atoms with Gasteiger partial charge in [0.25, 0.3) is 0 Å². The monoisotopic (exact) mass is 200 g/mol. The van der Waals surface area contributed by atoms with E-state index < -0.39 is 0 Å². The van der Waals surface area contributed by atoms with Gasteiger partial charge in [-0.2, -0.15) is 5.26 Å². The smallest absolute Gasteiger partial charge is 0.0673 e. The van der Waals surface area contributed by atoms with Crippen molar-refractivity contribution in [2.75, 3.05) is 7.05 Å². The van der Waals surface area contributed by atoms with Crippen LogP contribution in [0.1, 0.15) is 26.7 Å². The summed E-state index contributed by atoms with van der Waals surface area (Å²) in [5.41, 5.74) is 0. The van der Waals surface area contributed by atoms with E-state index in [2.05, 4.69) is 31.9 Å². The molecule has 0 aliphatic heterocycles. The number of nitrogens with zero attached hydrogens (tertiary/aromatic N) is 2. The molecule has 2 nitrogen and oxygen atoms in total. The predicted molar refractivity (Wildman–Crippen MR) is 54.7 cm³/mol. The minimum absolute atomic E-state index is 0.140. The highest BCUT2D eigenvalue weighted by atomic mass is 35.5. The van der Waals surface area contributed by atoms with E-state index in [4.69, 9.17) is 16.9 Å². The molecule has 1 fully saturated rings. The van der Waals surface area contributed by atoms with E-state index >= 15 is 0 Å². The molecule has 4 atom stereocenters. The number of halogens is 1. The van der Waals surface area contributed by atoms with Crippen molar-refractivity contribution in [2.45, 2.75) is 44.1 Å². The Balaban J connectivity index is 2.55. The van der Waals surface area contributed by atoms with Gasteiger partial charge in [-0.1, -0.05) is 6.92 Å². The van der Waals surface area contributed by atoms with Crippen LogP contribution in [0.25, 0.3) is 0 Å². The molecule has 0 radical (unpaired) electrons. The second-order valence-corrected chi connectivity index (χ2v) is 4.46. The maximum atomic E-state index is 8.84. The van der Waals surface area contributed by atoms with Gasteiger partial charge in [-0.05, 0) is 26.8 Å². The standard InChI is InChI=1S/C10H17ClN2/c1-4-7(2)13(3)10-8(6-12)5-9(10)11/h7-10H,4-5H2,1-3H3/t7-,8?,9?,10-/m0/s1. The van der Waals surface area contributed by atoms with Crippen LogP contribution in [0, 0.1) is 17.2 Å². The van der Waals surface area contributed by atoms with Crippen molar-refractivity contribution in [2.24, 2.45) is 5.92 Å². The molecule has 0 heterocycles. The molecular weight excluding hydrogens is 184 g/mol. The van der Waals surface area contributed by atoms with Crippen molar-refractivity contribution in [3.05, 3.63) is 0 Å². The molecule has 3 heteroatoms. The molecule has 0 N–H and O–H groups in total. The second kappa shape index (κ2) is 4.30. The Kier molecular flexibility index (Phi) is 3.58. The van der Waals surface area contributed by atoms with Gasteiger partial charge in [-0.15, -0.1) is 11.6 Å². The summed E-state index contributed by atoms with van der Waals surface area (Å²) in [4.78, 5) is 2.25. The Hall–Kier alpha value is -0.260. The Morgan fingerprint density at radius 2 is 2.31 bits per heavy atom. The topological polar surface area (TPSA) is 27.0 Å². The van der Waals surface area contributed by atoms with Crippen molar-refractivity contribution in [1.82, 2.24) is 4.90 Å². The number of rotatable bonds is 3.